The molecule has 276 valence electrons. The summed E-state index contributed by atoms with van der Waals surface area (Å²) in [5.74, 6) is 0.247. The molecule has 0 bridgehead atoms. The average molecular weight is 726 g/mol. The number of fused-ring (bicyclic) bond motifs is 2. The van der Waals surface area contributed by atoms with E-state index >= 15 is 4.39 Å². The molecule has 8 rings (SSSR count). The number of nitrogens with zero attached hydrogens (tertiary/aromatic N) is 7. The van der Waals surface area contributed by atoms with Gasteiger partial charge in [0.2, 0.25) is 5.88 Å². The smallest absolute Gasteiger partial charge is 0.413 e. The summed E-state index contributed by atoms with van der Waals surface area (Å²) in [6.45, 7) is 9.02. The van der Waals surface area contributed by atoms with Gasteiger partial charge in [0.1, 0.15) is 59.0 Å². The zero-order valence-electron chi connectivity index (χ0n) is 30.0. The second kappa shape index (κ2) is 13.2. The first-order valence-corrected chi connectivity index (χ1v) is 17.8. The van der Waals surface area contributed by atoms with Crippen molar-refractivity contribution in [3.8, 4) is 23.1 Å². The normalized spacial score (nSPS) is 20.6. The minimum absolute atomic E-state index is 0.0115. The van der Waals surface area contributed by atoms with E-state index in [1.807, 2.05) is 36.1 Å². The molecular weight excluding hydrogens is 684 g/mol. The molecule has 3 aliphatic rings. The molecule has 15 heteroatoms. The van der Waals surface area contributed by atoms with E-state index in [-0.39, 0.29) is 47.5 Å². The Bertz CT molecular complexity index is 2230. The molecule has 0 saturated carbocycles. The van der Waals surface area contributed by atoms with E-state index in [2.05, 4.69) is 25.2 Å². The fraction of sp³-hybridized carbons (Fsp3) is 0.421. The van der Waals surface area contributed by atoms with Gasteiger partial charge in [-0.25, -0.2) is 28.5 Å². The van der Waals surface area contributed by atoms with E-state index in [1.165, 1.54) is 0 Å². The second-order valence-corrected chi connectivity index (χ2v) is 14.9. The standard InChI is InChI=1S/C38H41F2N9O4/c1-21(23-10-7-13-42-32(23)46-36(50)53-37(2,3)4)49-15-16-51-34-28-31(29(40)30(44-34)25-17-27(41)43-26-11-6-5-9-24(25)26)45-35(47-33(28)49)52-20-38-12-8-14-48(38)19-22(39)18-38/h5-7,9-11,13,17,21-22H,8,12,14-16,18-20H2,1-4H3,(H2,41,43)(H,42,46,50)/t21-,22-,38+/m1/s1. The Balaban J connectivity index is 1.26. The van der Waals surface area contributed by atoms with E-state index in [9.17, 15) is 9.18 Å². The highest BCUT2D eigenvalue weighted by atomic mass is 19.1. The summed E-state index contributed by atoms with van der Waals surface area (Å²) in [4.78, 5) is 40.0. The molecule has 2 fully saturated rings. The van der Waals surface area contributed by atoms with Crippen molar-refractivity contribution >= 4 is 45.4 Å². The maximum Gasteiger partial charge on any atom is 0.413 e. The van der Waals surface area contributed by atoms with Crippen LogP contribution in [0.3, 0.4) is 0 Å². The second-order valence-electron chi connectivity index (χ2n) is 14.9. The van der Waals surface area contributed by atoms with Gasteiger partial charge in [0.25, 0.3) is 0 Å². The molecule has 1 aromatic carbocycles. The molecule has 53 heavy (non-hydrogen) atoms. The molecule has 3 N–H and O–H groups in total. The first kappa shape index (κ1) is 34.6. The maximum absolute atomic E-state index is 17.2. The summed E-state index contributed by atoms with van der Waals surface area (Å²) in [5, 5.41) is 3.68. The number of anilines is 3. The van der Waals surface area contributed by atoms with Crippen LogP contribution in [0, 0.1) is 5.82 Å². The van der Waals surface area contributed by atoms with Gasteiger partial charge in [-0.05, 0) is 65.3 Å². The topological polar surface area (TPSA) is 154 Å². The van der Waals surface area contributed by atoms with Crippen molar-refractivity contribution in [3.63, 3.8) is 0 Å². The highest BCUT2D eigenvalue weighted by Crippen LogP contribution is 2.44. The van der Waals surface area contributed by atoms with E-state index in [0.717, 1.165) is 19.4 Å². The molecule has 13 nitrogen and oxygen atoms in total. The Morgan fingerprint density at radius 1 is 1.15 bits per heavy atom. The van der Waals surface area contributed by atoms with Crippen LogP contribution in [0.25, 0.3) is 33.1 Å². The van der Waals surface area contributed by atoms with Gasteiger partial charge in [-0.3, -0.25) is 10.2 Å². The van der Waals surface area contributed by atoms with Crippen molar-refractivity contribution in [2.75, 3.05) is 48.8 Å². The van der Waals surface area contributed by atoms with Crippen LogP contribution in [0.5, 0.6) is 11.9 Å². The number of rotatable bonds is 7. The maximum atomic E-state index is 17.2. The average Bonchev–Trinajstić information content (AvgIpc) is 3.57. The minimum atomic E-state index is -0.950. The number of para-hydroxylation sites is 1. The third-order valence-electron chi connectivity index (χ3n) is 10.2. The van der Waals surface area contributed by atoms with Crippen molar-refractivity contribution in [2.24, 2.45) is 0 Å². The van der Waals surface area contributed by atoms with Crippen molar-refractivity contribution < 1.29 is 27.8 Å². The van der Waals surface area contributed by atoms with Gasteiger partial charge in [0.15, 0.2) is 5.82 Å². The van der Waals surface area contributed by atoms with Crippen molar-refractivity contribution in [3.05, 3.63) is 60.0 Å². The number of nitrogens with two attached hydrogens (primary N) is 1. The highest BCUT2D eigenvalue weighted by molar-refractivity contribution is 6.01. The number of benzene rings is 1. The molecule has 2 saturated heterocycles. The predicted molar refractivity (Wildman–Crippen MR) is 196 cm³/mol. The Hall–Kier alpha value is -5.44. The predicted octanol–water partition coefficient (Wildman–Crippen LogP) is 6.62. The third kappa shape index (κ3) is 6.47. The summed E-state index contributed by atoms with van der Waals surface area (Å²) in [6.07, 6.45) is 2.04. The summed E-state index contributed by atoms with van der Waals surface area (Å²) in [7, 11) is 0. The quantitative estimate of drug-likeness (QED) is 0.185. The Morgan fingerprint density at radius 2 is 1.98 bits per heavy atom. The molecule has 0 unspecified atom stereocenters. The zero-order valence-corrected chi connectivity index (χ0v) is 30.0. The summed E-state index contributed by atoms with van der Waals surface area (Å²) < 4.78 is 49.9. The van der Waals surface area contributed by atoms with E-state index in [4.69, 9.17) is 29.9 Å². The third-order valence-corrected chi connectivity index (χ3v) is 10.2. The number of alkyl halides is 1. The van der Waals surface area contributed by atoms with Crippen LogP contribution in [0.15, 0.2) is 48.7 Å². The lowest BCUT2D eigenvalue weighted by molar-refractivity contribution is 0.0635. The van der Waals surface area contributed by atoms with E-state index in [0.29, 0.717) is 53.2 Å². The molecule has 0 aliphatic carbocycles. The Labute approximate surface area is 304 Å². The van der Waals surface area contributed by atoms with Gasteiger partial charge in [-0.1, -0.05) is 24.3 Å². The number of carbonyl (C=O) groups is 1. The van der Waals surface area contributed by atoms with E-state index < -0.39 is 35.3 Å². The number of hydrogen-bond acceptors (Lipinski definition) is 12. The van der Waals surface area contributed by atoms with Gasteiger partial charge in [0.05, 0.1) is 23.6 Å². The van der Waals surface area contributed by atoms with Gasteiger partial charge >= 0.3 is 12.1 Å². The van der Waals surface area contributed by atoms with E-state index in [1.54, 1.807) is 45.2 Å². The van der Waals surface area contributed by atoms with Gasteiger partial charge in [-0.15, -0.1) is 0 Å². The number of nitrogen functional groups attached to an aromatic ring is 1. The molecule has 0 radical (unpaired) electrons. The fourth-order valence-electron chi connectivity index (χ4n) is 7.85. The van der Waals surface area contributed by atoms with Gasteiger partial charge in [0, 0.05) is 35.7 Å². The lowest BCUT2D eigenvalue weighted by Gasteiger charge is -2.32. The van der Waals surface area contributed by atoms with Crippen molar-refractivity contribution in [1.82, 2.24) is 29.8 Å². The van der Waals surface area contributed by atoms with Crippen molar-refractivity contribution in [2.45, 2.75) is 70.3 Å². The summed E-state index contributed by atoms with van der Waals surface area (Å²) in [5.41, 5.74) is 6.58. The van der Waals surface area contributed by atoms with Gasteiger partial charge in [-0.2, -0.15) is 9.97 Å². The Kier molecular flexibility index (Phi) is 8.63. The molecule has 7 heterocycles. The van der Waals surface area contributed by atoms with Crippen molar-refractivity contribution in [1.29, 1.82) is 0 Å². The molecule has 4 aromatic heterocycles. The van der Waals surface area contributed by atoms with Crippen LogP contribution in [0.1, 0.15) is 58.6 Å². The van der Waals surface area contributed by atoms with Crippen LogP contribution in [-0.2, 0) is 4.74 Å². The minimum Gasteiger partial charge on any atom is -0.475 e. The number of amides is 1. The number of ether oxygens (including phenoxy) is 3. The van der Waals surface area contributed by atoms with Gasteiger partial charge < -0.3 is 24.8 Å². The largest absolute Gasteiger partial charge is 0.475 e. The van der Waals surface area contributed by atoms with Crippen LogP contribution < -0.4 is 25.4 Å². The molecule has 1 amide bonds. The number of nitrogens with one attached hydrogen (secondary N) is 1. The van der Waals surface area contributed by atoms with Crippen LogP contribution in [0.4, 0.5) is 31.0 Å². The van der Waals surface area contributed by atoms with Crippen LogP contribution >= 0.6 is 0 Å². The highest BCUT2D eigenvalue weighted by Gasteiger charge is 2.49. The number of pyridine rings is 3. The molecule has 3 aliphatic heterocycles. The zero-order chi connectivity index (χ0) is 37.1. The van der Waals surface area contributed by atoms with Crippen LogP contribution in [-0.4, -0.2) is 86.1 Å². The monoisotopic (exact) mass is 725 g/mol. The number of aromatic nitrogens is 5. The molecule has 5 aromatic rings. The molecular formula is C38H41F2N9O4. The molecule has 0 spiro atoms. The fourth-order valence-corrected chi connectivity index (χ4v) is 7.85. The lowest BCUT2D eigenvalue weighted by Crippen LogP contribution is -2.43. The summed E-state index contributed by atoms with van der Waals surface area (Å²) in [6, 6.07) is 11.9. The number of carbonyl (C=O) groups excluding carboxylic acids is 1. The molecule has 3 atom stereocenters. The first-order chi connectivity index (χ1) is 25.4. The first-order valence-electron chi connectivity index (χ1n) is 17.8. The Morgan fingerprint density at radius 3 is 2.81 bits per heavy atom. The van der Waals surface area contributed by atoms with Crippen LogP contribution in [0.2, 0.25) is 0 Å². The SMILES string of the molecule is C[C@H](c1cccnc1NC(=O)OC(C)(C)C)N1CCOc2nc(-c3cc(N)nc4ccccc34)c(F)c3nc(OC[C@@]45CCCN4C[C@H](F)C5)nc1c23. The number of halogens is 2. The lowest BCUT2D eigenvalue weighted by atomic mass is 9.95. The number of hydrogen-bond donors (Lipinski definition) is 2. The summed E-state index contributed by atoms with van der Waals surface area (Å²) >= 11 is 0.